The van der Waals surface area contributed by atoms with Crippen LogP contribution in [-0.4, -0.2) is 53.7 Å². The smallest absolute Gasteiger partial charge is 0.161 e. The molecular weight excluding hydrogens is 487 g/mol. The Labute approximate surface area is 218 Å². The van der Waals surface area contributed by atoms with Crippen molar-refractivity contribution in [2.24, 2.45) is 0 Å². The number of nitrogens with zero attached hydrogens (tertiary/aromatic N) is 8. The fourth-order valence-electron chi connectivity index (χ4n) is 3.94. The molecular formula is C27H25FN8O2. The van der Waals surface area contributed by atoms with Gasteiger partial charge in [-0.15, -0.1) is 0 Å². The van der Waals surface area contributed by atoms with Gasteiger partial charge in [0.25, 0.3) is 0 Å². The molecule has 38 heavy (non-hydrogen) atoms. The molecule has 0 spiro atoms. The highest BCUT2D eigenvalue weighted by atomic mass is 19.1. The first-order chi connectivity index (χ1) is 18.2. The number of aromatic nitrogens is 6. The van der Waals surface area contributed by atoms with Crippen molar-refractivity contribution in [1.82, 2.24) is 29.4 Å². The lowest BCUT2D eigenvalue weighted by atomic mass is 10.1. The summed E-state index contributed by atoms with van der Waals surface area (Å²) in [5, 5.41) is 27.9. The molecule has 192 valence electrons. The van der Waals surface area contributed by atoms with Gasteiger partial charge in [-0.2, -0.15) is 15.5 Å². The van der Waals surface area contributed by atoms with E-state index < -0.39 is 11.4 Å². The summed E-state index contributed by atoms with van der Waals surface area (Å²) in [6.07, 6.45) is 9.06. The maximum absolute atomic E-state index is 13.2. The van der Waals surface area contributed by atoms with Gasteiger partial charge in [0, 0.05) is 37.1 Å². The van der Waals surface area contributed by atoms with E-state index in [0.717, 1.165) is 28.7 Å². The van der Waals surface area contributed by atoms with Gasteiger partial charge in [0.1, 0.15) is 24.2 Å². The summed E-state index contributed by atoms with van der Waals surface area (Å²) in [6, 6.07) is 11.5. The van der Waals surface area contributed by atoms with Crippen molar-refractivity contribution in [3.63, 3.8) is 0 Å². The molecule has 5 heterocycles. The Bertz CT molecular complexity index is 1610. The number of aliphatic hydroxyl groups is 1. The number of ether oxygens (including phenoxy) is 1. The summed E-state index contributed by atoms with van der Waals surface area (Å²) in [4.78, 5) is 11.0. The number of rotatable bonds is 8. The van der Waals surface area contributed by atoms with E-state index in [1.807, 2.05) is 36.2 Å². The molecule has 0 aliphatic heterocycles. The van der Waals surface area contributed by atoms with Crippen LogP contribution in [0.15, 0.2) is 67.5 Å². The lowest BCUT2D eigenvalue weighted by Gasteiger charge is -2.19. The molecule has 0 aromatic carbocycles. The van der Waals surface area contributed by atoms with E-state index in [2.05, 4.69) is 26.2 Å². The number of hydrogen-bond donors (Lipinski definition) is 1. The average molecular weight is 513 g/mol. The van der Waals surface area contributed by atoms with Crippen LogP contribution in [0.25, 0.3) is 22.5 Å². The molecule has 0 saturated heterocycles. The zero-order valence-electron chi connectivity index (χ0n) is 21.1. The zero-order valence-corrected chi connectivity index (χ0v) is 21.1. The maximum Gasteiger partial charge on any atom is 0.161 e. The third-order valence-corrected chi connectivity index (χ3v) is 5.76. The van der Waals surface area contributed by atoms with Crippen molar-refractivity contribution < 1.29 is 14.2 Å². The Morgan fingerprint density at radius 1 is 1.08 bits per heavy atom. The summed E-state index contributed by atoms with van der Waals surface area (Å²) in [7, 11) is 1.92. The van der Waals surface area contributed by atoms with Crippen LogP contribution >= 0.6 is 0 Å². The quantitative estimate of drug-likeness (QED) is 0.334. The minimum Gasteiger partial charge on any atom is -0.489 e. The summed E-state index contributed by atoms with van der Waals surface area (Å²) in [5.41, 5.74) is 2.56. The van der Waals surface area contributed by atoms with Gasteiger partial charge in [-0.1, -0.05) is 6.07 Å². The lowest BCUT2D eigenvalue weighted by molar-refractivity contribution is 0.0283. The topological polar surface area (TPSA) is 117 Å². The highest BCUT2D eigenvalue weighted by Crippen LogP contribution is 2.31. The number of halogens is 1. The van der Waals surface area contributed by atoms with E-state index in [1.54, 1.807) is 43.0 Å². The first-order valence-corrected chi connectivity index (χ1v) is 11.8. The molecule has 5 rings (SSSR count). The van der Waals surface area contributed by atoms with Gasteiger partial charge in [0.2, 0.25) is 0 Å². The minimum absolute atomic E-state index is 0.0982. The average Bonchev–Trinajstić information content (AvgIpc) is 3.53. The van der Waals surface area contributed by atoms with Gasteiger partial charge >= 0.3 is 0 Å². The van der Waals surface area contributed by atoms with Gasteiger partial charge in [0.15, 0.2) is 11.6 Å². The lowest BCUT2D eigenvalue weighted by Crippen LogP contribution is -2.27. The van der Waals surface area contributed by atoms with Crippen LogP contribution in [0.3, 0.4) is 0 Å². The SMILES string of the molecule is CN(Cc1ccc(-n2cc(F)cn2)nc1)c1ccc(-c2cc(OCC(C)(C)O)cn3ncc(C#N)c23)cn1. The van der Waals surface area contributed by atoms with Crippen LogP contribution in [0.5, 0.6) is 5.75 Å². The molecule has 0 radical (unpaired) electrons. The van der Waals surface area contributed by atoms with E-state index in [-0.39, 0.29) is 6.61 Å². The number of anilines is 1. The molecule has 0 saturated carbocycles. The molecule has 0 aliphatic carbocycles. The number of nitriles is 1. The number of hydrogen-bond acceptors (Lipinski definition) is 8. The van der Waals surface area contributed by atoms with E-state index in [9.17, 15) is 14.8 Å². The van der Waals surface area contributed by atoms with Crippen molar-refractivity contribution in [3.05, 3.63) is 84.5 Å². The van der Waals surface area contributed by atoms with Crippen LogP contribution < -0.4 is 9.64 Å². The molecule has 11 heteroatoms. The molecule has 0 amide bonds. The second kappa shape index (κ2) is 9.91. The van der Waals surface area contributed by atoms with Crippen molar-refractivity contribution >= 4 is 11.3 Å². The van der Waals surface area contributed by atoms with Crippen LogP contribution in [0.4, 0.5) is 10.2 Å². The number of fused-ring (bicyclic) bond motifs is 1. The molecule has 0 aliphatic rings. The van der Waals surface area contributed by atoms with Crippen molar-refractivity contribution in [2.75, 3.05) is 18.6 Å². The molecule has 0 bridgehead atoms. The van der Waals surface area contributed by atoms with Gasteiger partial charge in [-0.3, -0.25) is 0 Å². The van der Waals surface area contributed by atoms with Crippen LogP contribution in [0, 0.1) is 17.1 Å². The summed E-state index contributed by atoms with van der Waals surface area (Å²) >= 11 is 0. The molecule has 5 aromatic heterocycles. The maximum atomic E-state index is 13.2. The van der Waals surface area contributed by atoms with Gasteiger partial charge in [-0.05, 0) is 43.7 Å². The van der Waals surface area contributed by atoms with E-state index in [1.165, 1.54) is 17.1 Å². The van der Waals surface area contributed by atoms with Crippen LogP contribution in [0.1, 0.15) is 25.0 Å². The third kappa shape index (κ3) is 5.30. The monoisotopic (exact) mass is 512 g/mol. The van der Waals surface area contributed by atoms with Crippen molar-refractivity contribution in [3.8, 4) is 28.8 Å². The predicted octanol–water partition coefficient (Wildman–Crippen LogP) is 3.77. The largest absolute Gasteiger partial charge is 0.489 e. The Kier molecular flexibility index (Phi) is 6.48. The van der Waals surface area contributed by atoms with Crippen LogP contribution in [0.2, 0.25) is 0 Å². The Balaban J connectivity index is 1.37. The number of pyridine rings is 3. The molecule has 1 N–H and O–H groups in total. The molecule has 10 nitrogen and oxygen atoms in total. The normalized spacial score (nSPS) is 11.5. The Morgan fingerprint density at radius 3 is 2.55 bits per heavy atom. The second-order valence-corrected chi connectivity index (χ2v) is 9.54. The molecule has 0 atom stereocenters. The summed E-state index contributed by atoms with van der Waals surface area (Å²) < 4.78 is 22.0. The summed E-state index contributed by atoms with van der Waals surface area (Å²) in [6.45, 7) is 3.98. The molecule has 0 fully saturated rings. The standard InChI is InChI=1S/C27H25FN8O2/c1-27(2,37)17-38-22-8-23(26-20(9-29)12-32-36(26)16-22)19-5-7-24(31-11-19)34(3)14-18-4-6-25(30-10-18)35-15-21(28)13-33-35/h4-8,10-13,15-16,37H,14,17H2,1-3H3. The van der Waals surface area contributed by atoms with Gasteiger partial charge in [0.05, 0.1) is 41.5 Å². The van der Waals surface area contributed by atoms with Crippen molar-refractivity contribution in [1.29, 1.82) is 5.26 Å². The molecule has 0 unspecified atom stereocenters. The zero-order chi connectivity index (χ0) is 26.9. The fourth-order valence-corrected chi connectivity index (χ4v) is 3.94. The van der Waals surface area contributed by atoms with Crippen LogP contribution in [-0.2, 0) is 6.54 Å². The van der Waals surface area contributed by atoms with Gasteiger partial charge < -0.3 is 14.7 Å². The first-order valence-electron chi connectivity index (χ1n) is 11.8. The van der Waals surface area contributed by atoms with Crippen molar-refractivity contribution in [2.45, 2.75) is 26.0 Å². The van der Waals surface area contributed by atoms with E-state index in [4.69, 9.17) is 4.74 Å². The highest BCUT2D eigenvalue weighted by Gasteiger charge is 2.17. The third-order valence-electron chi connectivity index (χ3n) is 5.76. The Hall–Kier alpha value is -4.82. The van der Waals surface area contributed by atoms with Gasteiger partial charge in [-0.25, -0.2) is 23.6 Å². The highest BCUT2D eigenvalue weighted by molar-refractivity contribution is 5.85. The first kappa shape index (κ1) is 24.9. The fraction of sp³-hybridized carbons (Fsp3) is 0.222. The second-order valence-electron chi connectivity index (χ2n) is 9.54. The predicted molar refractivity (Wildman–Crippen MR) is 138 cm³/mol. The molecule has 5 aromatic rings. The minimum atomic E-state index is -1.00. The van der Waals surface area contributed by atoms with E-state index >= 15 is 0 Å². The summed E-state index contributed by atoms with van der Waals surface area (Å²) in [5.74, 6) is 1.36. The van der Waals surface area contributed by atoms with E-state index in [0.29, 0.717) is 29.2 Å². The Morgan fingerprint density at radius 2 is 1.92 bits per heavy atom.